The molecular formula is C57H108O6. The summed E-state index contributed by atoms with van der Waals surface area (Å²) in [6.07, 6.45) is 59.1. The predicted molar refractivity (Wildman–Crippen MR) is 270 cm³/mol. The van der Waals surface area contributed by atoms with E-state index in [1.54, 1.807) is 0 Å². The van der Waals surface area contributed by atoms with E-state index in [0.29, 0.717) is 19.3 Å². The molecule has 0 amide bonds. The van der Waals surface area contributed by atoms with Crippen LogP contribution < -0.4 is 0 Å². The van der Waals surface area contributed by atoms with Crippen molar-refractivity contribution >= 4 is 17.9 Å². The second-order valence-electron chi connectivity index (χ2n) is 19.2. The van der Waals surface area contributed by atoms with Crippen LogP contribution in [0.4, 0.5) is 0 Å². The summed E-state index contributed by atoms with van der Waals surface area (Å²) in [7, 11) is 0. The van der Waals surface area contributed by atoms with Gasteiger partial charge in [0.05, 0.1) is 0 Å². The molecular weight excluding hydrogens is 781 g/mol. The van der Waals surface area contributed by atoms with Gasteiger partial charge in [0.2, 0.25) is 0 Å². The summed E-state index contributed by atoms with van der Waals surface area (Å²) < 4.78 is 16.9. The first-order valence-electron chi connectivity index (χ1n) is 28.2. The summed E-state index contributed by atoms with van der Waals surface area (Å²) in [6.45, 7) is 6.68. The number of carbonyl (C=O) groups excluding carboxylic acids is 3. The molecule has 0 aliphatic heterocycles. The average Bonchev–Trinajstić information content (AvgIpc) is 3.28. The van der Waals surface area contributed by atoms with Gasteiger partial charge in [-0.05, 0) is 44.9 Å². The van der Waals surface area contributed by atoms with Crippen molar-refractivity contribution in [2.24, 2.45) is 0 Å². The van der Waals surface area contributed by atoms with Crippen LogP contribution in [0.25, 0.3) is 0 Å². The minimum absolute atomic E-state index is 0.0653. The Morgan fingerprint density at radius 3 is 0.810 bits per heavy atom. The summed E-state index contributed by atoms with van der Waals surface area (Å²) in [5, 5.41) is 0. The standard InChI is InChI=1S/C57H108O6/c1-4-7-10-13-16-19-22-25-28-31-34-37-40-43-46-49-55(58)61-52-54(63-57(60)51-48-45-42-39-36-33-30-27-24-21-18-15-12-9-6-3)53-62-56(59)50-47-44-41-38-35-32-29-26-23-20-17-14-11-8-5-2/h19,22,54H,4-18,20-21,23-53H2,1-3H3/b22-19-/t54-/m1/s1. The number of hydrogen-bond acceptors (Lipinski definition) is 6. The van der Waals surface area contributed by atoms with Gasteiger partial charge in [0.1, 0.15) is 13.2 Å². The lowest BCUT2D eigenvalue weighted by Gasteiger charge is -2.18. The molecule has 0 saturated carbocycles. The molecule has 63 heavy (non-hydrogen) atoms. The molecule has 0 aliphatic carbocycles. The van der Waals surface area contributed by atoms with Gasteiger partial charge in [-0.3, -0.25) is 14.4 Å². The Labute approximate surface area is 392 Å². The topological polar surface area (TPSA) is 78.9 Å². The molecule has 0 bridgehead atoms. The van der Waals surface area contributed by atoms with Crippen molar-refractivity contribution < 1.29 is 28.6 Å². The molecule has 6 heteroatoms. The van der Waals surface area contributed by atoms with Crippen LogP contribution in [-0.2, 0) is 28.6 Å². The van der Waals surface area contributed by atoms with Crippen LogP contribution in [0.3, 0.4) is 0 Å². The van der Waals surface area contributed by atoms with Gasteiger partial charge in [-0.2, -0.15) is 0 Å². The average molecular weight is 889 g/mol. The maximum absolute atomic E-state index is 12.8. The highest BCUT2D eigenvalue weighted by Crippen LogP contribution is 2.17. The Kier molecular flexibility index (Phi) is 51.2. The zero-order valence-corrected chi connectivity index (χ0v) is 42.6. The van der Waals surface area contributed by atoms with Gasteiger partial charge < -0.3 is 14.2 Å². The summed E-state index contributed by atoms with van der Waals surface area (Å²) in [4.78, 5) is 38.1. The van der Waals surface area contributed by atoms with Crippen molar-refractivity contribution in [2.75, 3.05) is 13.2 Å². The van der Waals surface area contributed by atoms with Crippen molar-refractivity contribution in [1.82, 2.24) is 0 Å². The molecule has 372 valence electrons. The fraction of sp³-hybridized carbons (Fsp3) is 0.912. The van der Waals surface area contributed by atoms with Crippen LogP contribution in [0.1, 0.15) is 316 Å². The number of carbonyl (C=O) groups is 3. The van der Waals surface area contributed by atoms with E-state index in [2.05, 4.69) is 32.9 Å². The molecule has 0 aliphatic rings. The number of unbranched alkanes of at least 4 members (excludes halogenated alkanes) is 39. The highest BCUT2D eigenvalue weighted by atomic mass is 16.6. The molecule has 0 unspecified atom stereocenters. The molecule has 0 N–H and O–H groups in total. The van der Waals surface area contributed by atoms with Gasteiger partial charge in [-0.25, -0.2) is 0 Å². The van der Waals surface area contributed by atoms with Crippen LogP contribution >= 0.6 is 0 Å². The zero-order chi connectivity index (χ0) is 45.8. The Hall–Kier alpha value is -1.85. The Morgan fingerprint density at radius 2 is 0.524 bits per heavy atom. The first kappa shape index (κ1) is 61.1. The molecule has 0 aromatic carbocycles. The van der Waals surface area contributed by atoms with Gasteiger partial charge in [0.15, 0.2) is 6.10 Å². The minimum atomic E-state index is -0.765. The molecule has 0 spiro atoms. The molecule has 0 saturated heterocycles. The van der Waals surface area contributed by atoms with E-state index < -0.39 is 6.10 Å². The molecule has 0 radical (unpaired) electrons. The highest BCUT2D eigenvalue weighted by molar-refractivity contribution is 5.71. The zero-order valence-electron chi connectivity index (χ0n) is 42.6. The lowest BCUT2D eigenvalue weighted by molar-refractivity contribution is -0.167. The van der Waals surface area contributed by atoms with Crippen LogP contribution in [0.15, 0.2) is 12.2 Å². The van der Waals surface area contributed by atoms with Crippen molar-refractivity contribution in [3.63, 3.8) is 0 Å². The fourth-order valence-corrected chi connectivity index (χ4v) is 8.50. The van der Waals surface area contributed by atoms with E-state index in [1.807, 2.05) is 0 Å². The molecule has 0 aromatic heterocycles. The van der Waals surface area contributed by atoms with Crippen molar-refractivity contribution in [3.05, 3.63) is 12.2 Å². The third-order valence-electron chi connectivity index (χ3n) is 12.8. The van der Waals surface area contributed by atoms with Crippen LogP contribution in [-0.4, -0.2) is 37.2 Å². The van der Waals surface area contributed by atoms with Gasteiger partial charge in [0, 0.05) is 19.3 Å². The van der Waals surface area contributed by atoms with Crippen molar-refractivity contribution in [2.45, 2.75) is 322 Å². The third-order valence-corrected chi connectivity index (χ3v) is 12.8. The lowest BCUT2D eigenvalue weighted by atomic mass is 10.0. The monoisotopic (exact) mass is 889 g/mol. The van der Waals surface area contributed by atoms with E-state index in [4.69, 9.17) is 14.2 Å². The Balaban J connectivity index is 4.32. The summed E-state index contributed by atoms with van der Waals surface area (Å²) in [5.74, 6) is -0.847. The Bertz CT molecular complexity index is 978. The van der Waals surface area contributed by atoms with E-state index in [0.717, 1.165) is 57.8 Å². The second kappa shape index (κ2) is 52.8. The number of allylic oxidation sites excluding steroid dienone is 2. The predicted octanol–water partition coefficient (Wildman–Crippen LogP) is 18.5. The van der Waals surface area contributed by atoms with E-state index in [-0.39, 0.29) is 31.1 Å². The van der Waals surface area contributed by atoms with Crippen molar-refractivity contribution in [3.8, 4) is 0 Å². The van der Waals surface area contributed by atoms with Gasteiger partial charge in [0.25, 0.3) is 0 Å². The molecule has 6 nitrogen and oxygen atoms in total. The number of hydrogen-bond donors (Lipinski definition) is 0. The molecule has 0 fully saturated rings. The normalized spacial score (nSPS) is 12.0. The molecule has 1 atom stereocenters. The van der Waals surface area contributed by atoms with E-state index in [9.17, 15) is 14.4 Å². The molecule has 0 heterocycles. The maximum atomic E-state index is 12.8. The largest absolute Gasteiger partial charge is 0.462 e. The van der Waals surface area contributed by atoms with Crippen LogP contribution in [0.5, 0.6) is 0 Å². The van der Waals surface area contributed by atoms with Crippen LogP contribution in [0, 0.1) is 0 Å². The quantitative estimate of drug-likeness (QED) is 0.0262. The molecule has 0 rings (SSSR count). The first-order valence-corrected chi connectivity index (χ1v) is 28.2. The van der Waals surface area contributed by atoms with Crippen LogP contribution in [0.2, 0.25) is 0 Å². The number of rotatable bonds is 52. The maximum Gasteiger partial charge on any atom is 0.306 e. The summed E-state index contributed by atoms with van der Waals surface area (Å²) in [5.41, 5.74) is 0. The third kappa shape index (κ3) is 51.0. The number of esters is 3. The minimum Gasteiger partial charge on any atom is -0.462 e. The lowest BCUT2D eigenvalue weighted by Crippen LogP contribution is -2.30. The first-order chi connectivity index (χ1) is 31.0. The van der Waals surface area contributed by atoms with Crippen molar-refractivity contribution in [1.29, 1.82) is 0 Å². The van der Waals surface area contributed by atoms with Gasteiger partial charge >= 0.3 is 17.9 Å². The summed E-state index contributed by atoms with van der Waals surface area (Å²) in [6, 6.07) is 0. The SMILES string of the molecule is CCCCCC/C=C\CCCCCCCCCC(=O)OC[C@H](COC(=O)CCCCCCCCCCCCCCCCC)OC(=O)CCCCCCCCCCCCCCCCC. The second-order valence-corrected chi connectivity index (χ2v) is 19.2. The smallest absolute Gasteiger partial charge is 0.306 e. The summed E-state index contributed by atoms with van der Waals surface area (Å²) >= 11 is 0. The van der Waals surface area contributed by atoms with Gasteiger partial charge in [-0.15, -0.1) is 0 Å². The van der Waals surface area contributed by atoms with E-state index in [1.165, 1.54) is 218 Å². The highest BCUT2D eigenvalue weighted by Gasteiger charge is 2.19. The number of ether oxygens (including phenoxy) is 3. The fourth-order valence-electron chi connectivity index (χ4n) is 8.50. The molecule has 0 aromatic rings. The van der Waals surface area contributed by atoms with Gasteiger partial charge in [-0.1, -0.05) is 264 Å². The van der Waals surface area contributed by atoms with E-state index >= 15 is 0 Å². The Morgan fingerprint density at radius 1 is 0.302 bits per heavy atom.